The molecule has 0 saturated heterocycles. The molecule has 0 radical (unpaired) electrons. The first-order chi connectivity index (χ1) is 10.3. The molecule has 0 aromatic rings. The predicted molar refractivity (Wildman–Crippen MR) is 102 cm³/mol. The Hall–Kier alpha value is 0.730. The fourth-order valence-electron chi connectivity index (χ4n) is 2.19. The number of hydrogen-bond donors (Lipinski definition) is 1. The molecule has 2 nitrogen and oxygen atoms in total. The molecule has 0 spiro atoms. The molecule has 0 bridgehead atoms. The van der Waals surface area contributed by atoms with E-state index in [-0.39, 0.29) is 0 Å². The Balaban J connectivity index is 2.98. The summed E-state index contributed by atoms with van der Waals surface area (Å²) in [7, 11) is 0. The average Bonchev–Trinajstić information content (AvgIpc) is 2.46. The van der Waals surface area contributed by atoms with Crippen LogP contribution in [0.15, 0.2) is 10.2 Å². The Bertz CT molecular complexity index is 257. The van der Waals surface area contributed by atoms with Crippen molar-refractivity contribution in [2.45, 2.75) is 86.0 Å². The SMILES string of the molecule is O=C(O)CCCCCCCCCCC[Te]CCC/C=C\I. The molecule has 1 N–H and O–H groups in total. The Labute approximate surface area is 154 Å². The molecule has 0 atom stereocenters. The Morgan fingerprint density at radius 1 is 0.857 bits per heavy atom. The molecule has 4 heteroatoms. The molecule has 0 rings (SSSR count). The van der Waals surface area contributed by atoms with Gasteiger partial charge in [0.25, 0.3) is 0 Å². The van der Waals surface area contributed by atoms with Crippen LogP contribution >= 0.6 is 22.6 Å². The zero-order chi connectivity index (χ0) is 15.6. The second kappa shape index (κ2) is 18.8. The normalized spacial score (nSPS) is 11.3. The minimum atomic E-state index is -0.653. The van der Waals surface area contributed by atoms with Crippen LogP contribution in [0, 0.1) is 0 Å². The van der Waals surface area contributed by atoms with Gasteiger partial charge in [-0.15, -0.1) is 0 Å². The van der Waals surface area contributed by atoms with Gasteiger partial charge in [-0.3, -0.25) is 4.79 Å². The molecule has 0 aliphatic rings. The zero-order valence-electron chi connectivity index (χ0n) is 13.2. The van der Waals surface area contributed by atoms with Crippen molar-refractivity contribution in [3.63, 3.8) is 0 Å². The minimum absolute atomic E-state index is 0.313. The number of rotatable bonds is 16. The summed E-state index contributed by atoms with van der Waals surface area (Å²) in [5, 5.41) is 8.53. The van der Waals surface area contributed by atoms with E-state index in [9.17, 15) is 4.79 Å². The first kappa shape index (κ1) is 21.7. The van der Waals surface area contributed by atoms with Crippen molar-refractivity contribution in [3.05, 3.63) is 10.2 Å². The first-order valence-corrected chi connectivity index (χ1v) is 12.9. The molecule has 21 heavy (non-hydrogen) atoms. The summed E-state index contributed by atoms with van der Waals surface area (Å²) < 4.78 is 5.18. The summed E-state index contributed by atoms with van der Waals surface area (Å²) in [4.78, 5) is 10.3. The summed E-state index contributed by atoms with van der Waals surface area (Å²) in [6.07, 6.45) is 16.8. The molecule has 0 heterocycles. The van der Waals surface area contributed by atoms with E-state index in [2.05, 4.69) is 32.7 Å². The molecule has 124 valence electrons. The van der Waals surface area contributed by atoms with Gasteiger partial charge in [-0.2, -0.15) is 0 Å². The molecule has 0 aliphatic heterocycles. The summed E-state index contributed by atoms with van der Waals surface area (Å²) in [5.74, 6) is -0.653. The molecule has 0 unspecified atom stereocenters. The van der Waals surface area contributed by atoms with Crippen LogP contribution in [0.4, 0.5) is 0 Å². The van der Waals surface area contributed by atoms with Crippen molar-refractivity contribution in [3.8, 4) is 0 Å². The third-order valence-electron chi connectivity index (χ3n) is 3.43. The predicted octanol–water partition coefficient (Wildman–Crippen LogP) is 6.24. The fourth-order valence-corrected chi connectivity index (χ4v) is 5.35. The topological polar surface area (TPSA) is 37.3 Å². The summed E-state index contributed by atoms with van der Waals surface area (Å²) in [5.41, 5.74) is 0. The number of hydrogen-bond acceptors (Lipinski definition) is 1. The molecule has 0 saturated carbocycles. The van der Waals surface area contributed by atoms with Gasteiger partial charge in [0.05, 0.1) is 0 Å². The van der Waals surface area contributed by atoms with Gasteiger partial charge in [0.1, 0.15) is 0 Å². The van der Waals surface area contributed by atoms with Crippen LogP contribution in [0.5, 0.6) is 0 Å². The Morgan fingerprint density at radius 2 is 1.38 bits per heavy atom. The van der Waals surface area contributed by atoms with Crippen LogP contribution < -0.4 is 0 Å². The molecular weight excluding hydrogens is 491 g/mol. The van der Waals surface area contributed by atoms with Gasteiger partial charge in [-0.1, -0.05) is 0 Å². The molecule has 0 amide bonds. The van der Waals surface area contributed by atoms with Crippen LogP contribution in [0.25, 0.3) is 0 Å². The van der Waals surface area contributed by atoms with Gasteiger partial charge in [0.15, 0.2) is 0 Å². The average molecular weight is 522 g/mol. The van der Waals surface area contributed by atoms with E-state index in [0.717, 1.165) is 12.8 Å². The second-order valence-corrected chi connectivity index (χ2v) is 9.66. The van der Waals surface area contributed by atoms with Crippen molar-refractivity contribution in [1.29, 1.82) is 0 Å². The number of carboxylic acid groups (broad SMARTS) is 1. The van der Waals surface area contributed by atoms with E-state index < -0.39 is 5.97 Å². The van der Waals surface area contributed by atoms with E-state index in [1.165, 1.54) is 66.7 Å². The van der Waals surface area contributed by atoms with Crippen LogP contribution in [-0.2, 0) is 4.79 Å². The maximum absolute atomic E-state index is 10.3. The molecule has 0 aliphatic carbocycles. The van der Waals surface area contributed by atoms with E-state index in [1.807, 2.05) is 0 Å². The number of aliphatic carboxylic acids is 1. The van der Waals surface area contributed by atoms with E-state index >= 15 is 0 Å². The van der Waals surface area contributed by atoms with Gasteiger partial charge in [-0.05, 0) is 0 Å². The standard InChI is InChI=1S/C17H31IO2Te/c18-14-10-8-12-16-21-15-11-7-5-3-1-2-4-6-9-13-17(19)20/h10,14H,1-9,11-13,15-16H2,(H,19,20)/b14-10-. The number of carboxylic acids is 1. The van der Waals surface area contributed by atoms with Gasteiger partial charge in [0.2, 0.25) is 0 Å². The van der Waals surface area contributed by atoms with E-state index in [1.54, 1.807) is 0 Å². The van der Waals surface area contributed by atoms with Gasteiger partial charge in [-0.25, -0.2) is 0 Å². The summed E-state index contributed by atoms with van der Waals surface area (Å²) >= 11 is 2.61. The van der Waals surface area contributed by atoms with Gasteiger partial charge in [0, 0.05) is 0 Å². The molecule has 0 aromatic carbocycles. The first-order valence-electron chi connectivity index (χ1n) is 8.32. The second-order valence-electron chi connectivity index (χ2n) is 5.44. The van der Waals surface area contributed by atoms with Crippen molar-refractivity contribution < 1.29 is 9.90 Å². The van der Waals surface area contributed by atoms with Crippen LogP contribution in [0.3, 0.4) is 0 Å². The number of unbranched alkanes of at least 4 members (excludes halogenated alkanes) is 9. The van der Waals surface area contributed by atoms with E-state index in [4.69, 9.17) is 5.11 Å². The number of carbonyl (C=O) groups is 1. The maximum atomic E-state index is 10.3. The fraction of sp³-hybridized carbons (Fsp3) is 0.824. The van der Waals surface area contributed by atoms with Crippen molar-refractivity contribution in [2.24, 2.45) is 0 Å². The molecular formula is C17H31IO2Te. The summed E-state index contributed by atoms with van der Waals surface area (Å²) in [6, 6.07) is 0. The Kier molecular flexibility index (Phi) is 19.4. The molecule has 0 aromatic heterocycles. The number of allylic oxidation sites excluding steroid dienone is 1. The summed E-state index contributed by atoms with van der Waals surface area (Å²) in [6.45, 7) is 0. The van der Waals surface area contributed by atoms with Crippen molar-refractivity contribution in [1.82, 2.24) is 0 Å². The van der Waals surface area contributed by atoms with Crippen molar-refractivity contribution in [2.75, 3.05) is 0 Å². The third kappa shape index (κ3) is 20.7. The van der Waals surface area contributed by atoms with Crippen LogP contribution in [0.1, 0.15) is 77.0 Å². The van der Waals surface area contributed by atoms with E-state index in [0.29, 0.717) is 27.3 Å². The quantitative estimate of drug-likeness (QED) is 0.148. The van der Waals surface area contributed by atoms with Crippen LogP contribution in [0.2, 0.25) is 8.94 Å². The van der Waals surface area contributed by atoms with Gasteiger partial charge < -0.3 is 5.11 Å². The molecule has 0 fully saturated rings. The third-order valence-corrected chi connectivity index (χ3v) is 7.23. The zero-order valence-corrected chi connectivity index (χ0v) is 17.7. The van der Waals surface area contributed by atoms with Gasteiger partial charge >= 0.3 is 146 Å². The monoisotopic (exact) mass is 524 g/mol. The van der Waals surface area contributed by atoms with Crippen LogP contribution in [-0.4, -0.2) is 32.0 Å². The number of halogens is 1. The van der Waals surface area contributed by atoms with Crippen molar-refractivity contribution >= 4 is 49.5 Å². The Morgan fingerprint density at radius 3 is 1.95 bits per heavy atom.